The van der Waals surface area contributed by atoms with Gasteiger partial charge in [0.15, 0.2) is 0 Å². The molecule has 0 amide bonds. The molecule has 1 aromatic heterocycles. The second kappa shape index (κ2) is 2.80. The summed E-state index contributed by atoms with van der Waals surface area (Å²) in [6.07, 6.45) is 0. The van der Waals surface area contributed by atoms with Gasteiger partial charge in [0.05, 0.1) is 5.52 Å². The van der Waals surface area contributed by atoms with Crippen molar-refractivity contribution in [3.63, 3.8) is 0 Å². The molecule has 0 aliphatic heterocycles. The summed E-state index contributed by atoms with van der Waals surface area (Å²) in [4.78, 5) is 26.3. The van der Waals surface area contributed by atoms with Crippen LogP contribution in [0.15, 0.2) is 21.7 Å². The third-order valence-corrected chi connectivity index (χ3v) is 1.93. The van der Waals surface area contributed by atoms with Crippen LogP contribution < -0.4 is 11.1 Å². The molecule has 5 heteroatoms. The topological polar surface area (TPSA) is 65.7 Å². The van der Waals surface area contributed by atoms with E-state index in [1.165, 1.54) is 6.07 Å². The van der Waals surface area contributed by atoms with Gasteiger partial charge in [-0.25, -0.2) is 4.39 Å². The number of fused-ring (bicyclic) bond motifs is 1. The number of hydrogen-bond acceptors (Lipinski definition) is 2. The predicted molar refractivity (Wildman–Crippen MR) is 49.9 cm³/mol. The number of benzene rings is 1. The first-order valence-electron chi connectivity index (χ1n) is 4.00. The molecule has 1 heterocycles. The van der Waals surface area contributed by atoms with Crippen molar-refractivity contribution in [2.45, 2.75) is 6.92 Å². The van der Waals surface area contributed by atoms with Gasteiger partial charge in [0.1, 0.15) is 11.3 Å². The zero-order valence-electron chi connectivity index (χ0n) is 7.35. The summed E-state index contributed by atoms with van der Waals surface area (Å²) in [5, 5.41) is 0. The zero-order valence-corrected chi connectivity index (χ0v) is 7.35. The van der Waals surface area contributed by atoms with Crippen LogP contribution >= 0.6 is 0 Å². The van der Waals surface area contributed by atoms with E-state index in [1.54, 1.807) is 13.0 Å². The summed E-state index contributed by atoms with van der Waals surface area (Å²) in [6, 6.07) is 2.88. The van der Waals surface area contributed by atoms with Crippen LogP contribution in [0.1, 0.15) is 5.56 Å². The van der Waals surface area contributed by atoms with E-state index in [2.05, 4.69) is 9.97 Å². The first-order valence-corrected chi connectivity index (χ1v) is 4.00. The standard InChI is InChI=1S/C9H7FN2O2/c1-4-2-5(10)7-6(3-4)11-8(13)9(14)12-7/h2-3H,1H3,(H,11,13)(H,12,14). The third kappa shape index (κ3) is 1.22. The largest absolute Gasteiger partial charge is 0.316 e. The second-order valence-electron chi connectivity index (χ2n) is 3.08. The van der Waals surface area contributed by atoms with E-state index in [9.17, 15) is 14.0 Å². The number of aromatic amines is 2. The molecule has 4 nitrogen and oxygen atoms in total. The van der Waals surface area contributed by atoms with Gasteiger partial charge in [-0.1, -0.05) is 0 Å². The Morgan fingerprint density at radius 3 is 2.50 bits per heavy atom. The van der Waals surface area contributed by atoms with E-state index in [4.69, 9.17) is 0 Å². The maximum atomic E-state index is 13.3. The third-order valence-electron chi connectivity index (χ3n) is 1.93. The van der Waals surface area contributed by atoms with Crippen LogP contribution in [-0.4, -0.2) is 9.97 Å². The van der Waals surface area contributed by atoms with Crippen LogP contribution in [0.25, 0.3) is 11.0 Å². The Balaban J connectivity index is 3.03. The van der Waals surface area contributed by atoms with Gasteiger partial charge in [0.2, 0.25) is 0 Å². The molecule has 0 saturated carbocycles. The summed E-state index contributed by atoms with van der Waals surface area (Å²) < 4.78 is 13.3. The maximum absolute atomic E-state index is 13.3. The van der Waals surface area contributed by atoms with E-state index >= 15 is 0 Å². The molecular formula is C9H7FN2O2. The van der Waals surface area contributed by atoms with Crippen molar-refractivity contribution in [2.24, 2.45) is 0 Å². The fourth-order valence-corrected chi connectivity index (χ4v) is 1.32. The van der Waals surface area contributed by atoms with Crippen molar-refractivity contribution >= 4 is 11.0 Å². The Morgan fingerprint density at radius 2 is 1.79 bits per heavy atom. The molecule has 0 fully saturated rings. The lowest BCUT2D eigenvalue weighted by Gasteiger charge is -1.99. The van der Waals surface area contributed by atoms with Gasteiger partial charge in [-0.05, 0) is 24.6 Å². The van der Waals surface area contributed by atoms with Crippen LogP contribution in [-0.2, 0) is 0 Å². The average molecular weight is 194 g/mol. The Morgan fingerprint density at radius 1 is 1.14 bits per heavy atom. The van der Waals surface area contributed by atoms with Crippen LogP contribution in [0.2, 0.25) is 0 Å². The van der Waals surface area contributed by atoms with Crippen LogP contribution in [0.4, 0.5) is 4.39 Å². The first-order chi connectivity index (χ1) is 6.58. The van der Waals surface area contributed by atoms with Crippen molar-refractivity contribution in [1.82, 2.24) is 9.97 Å². The monoisotopic (exact) mass is 194 g/mol. The number of halogens is 1. The SMILES string of the molecule is Cc1cc(F)c2[nH]c(=O)c(=O)[nH]c2c1. The summed E-state index contributed by atoms with van der Waals surface area (Å²) in [6.45, 7) is 1.70. The number of aromatic nitrogens is 2. The molecule has 0 unspecified atom stereocenters. The van der Waals surface area contributed by atoms with Crippen molar-refractivity contribution in [1.29, 1.82) is 0 Å². The van der Waals surface area contributed by atoms with E-state index in [-0.39, 0.29) is 5.52 Å². The molecule has 2 aromatic rings. The molecule has 0 bridgehead atoms. The Bertz CT molecular complexity index is 612. The highest BCUT2D eigenvalue weighted by atomic mass is 19.1. The normalized spacial score (nSPS) is 10.7. The number of hydrogen-bond donors (Lipinski definition) is 2. The Hall–Kier alpha value is -1.91. The van der Waals surface area contributed by atoms with Gasteiger partial charge >= 0.3 is 11.1 Å². The summed E-state index contributed by atoms with van der Waals surface area (Å²) in [7, 11) is 0. The minimum absolute atomic E-state index is 0.0280. The Kier molecular flexibility index (Phi) is 1.73. The van der Waals surface area contributed by atoms with Gasteiger partial charge in [-0.3, -0.25) is 9.59 Å². The molecule has 0 spiro atoms. The van der Waals surface area contributed by atoms with Crippen molar-refractivity contribution in [3.8, 4) is 0 Å². The van der Waals surface area contributed by atoms with Crippen LogP contribution in [0, 0.1) is 12.7 Å². The highest BCUT2D eigenvalue weighted by Gasteiger charge is 2.04. The fraction of sp³-hybridized carbons (Fsp3) is 0.111. The van der Waals surface area contributed by atoms with Crippen molar-refractivity contribution < 1.29 is 4.39 Å². The molecule has 0 aliphatic carbocycles. The van der Waals surface area contributed by atoms with Gasteiger partial charge in [-0.2, -0.15) is 0 Å². The molecule has 2 rings (SSSR count). The molecule has 0 atom stereocenters. The number of aryl methyl sites for hydroxylation is 1. The van der Waals surface area contributed by atoms with Gasteiger partial charge < -0.3 is 9.97 Å². The Labute approximate surface area is 77.4 Å². The van der Waals surface area contributed by atoms with Crippen LogP contribution in [0.5, 0.6) is 0 Å². The molecule has 1 aromatic carbocycles. The number of H-pyrrole nitrogens is 2. The molecule has 2 N–H and O–H groups in total. The molecule has 72 valence electrons. The fourth-order valence-electron chi connectivity index (χ4n) is 1.32. The summed E-state index contributed by atoms with van der Waals surface area (Å²) in [5.41, 5.74) is -0.618. The quantitative estimate of drug-likeness (QED) is 0.605. The smallest absolute Gasteiger partial charge is 0.314 e. The first kappa shape index (κ1) is 8.68. The number of nitrogens with one attached hydrogen (secondary N) is 2. The van der Waals surface area contributed by atoms with Crippen molar-refractivity contribution in [2.75, 3.05) is 0 Å². The predicted octanol–water partition coefficient (Wildman–Crippen LogP) is 0.664. The zero-order chi connectivity index (χ0) is 10.3. The lowest BCUT2D eigenvalue weighted by molar-refractivity contribution is 0.634. The lowest BCUT2D eigenvalue weighted by atomic mass is 10.2. The van der Waals surface area contributed by atoms with Gasteiger partial charge in [0.25, 0.3) is 0 Å². The van der Waals surface area contributed by atoms with Crippen molar-refractivity contribution in [3.05, 3.63) is 44.2 Å². The molecule has 14 heavy (non-hydrogen) atoms. The highest BCUT2D eigenvalue weighted by molar-refractivity contribution is 5.75. The van der Waals surface area contributed by atoms with Gasteiger partial charge in [-0.15, -0.1) is 0 Å². The minimum Gasteiger partial charge on any atom is -0.316 e. The van der Waals surface area contributed by atoms with E-state index in [0.717, 1.165) is 0 Å². The maximum Gasteiger partial charge on any atom is 0.314 e. The highest BCUT2D eigenvalue weighted by Crippen LogP contribution is 2.12. The van der Waals surface area contributed by atoms with E-state index < -0.39 is 16.9 Å². The molecule has 0 radical (unpaired) electrons. The number of rotatable bonds is 0. The van der Waals surface area contributed by atoms with Gasteiger partial charge in [0, 0.05) is 0 Å². The molecular weight excluding hydrogens is 187 g/mol. The van der Waals surface area contributed by atoms with Crippen LogP contribution in [0.3, 0.4) is 0 Å². The molecule has 0 aliphatic rings. The summed E-state index contributed by atoms with van der Waals surface area (Å²) in [5.74, 6) is -0.548. The second-order valence-corrected chi connectivity index (χ2v) is 3.08. The van der Waals surface area contributed by atoms with E-state index in [0.29, 0.717) is 11.1 Å². The lowest BCUT2D eigenvalue weighted by Crippen LogP contribution is -2.29. The van der Waals surface area contributed by atoms with E-state index in [1.807, 2.05) is 0 Å². The minimum atomic E-state index is -0.847. The average Bonchev–Trinajstić information content (AvgIpc) is 2.08. The molecule has 0 saturated heterocycles. The summed E-state index contributed by atoms with van der Waals surface area (Å²) >= 11 is 0.